The fourth-order valence-corrected chi connectivity index (χ4v) is 3.24. The van der Waals surface area contributed by atoms with Gasteiger partial charge in [-0.25, -0.2) is 4.99 Å². The van der Waals surface area contributed by atoms with Crippen LogP contribution in [0.4, 0.5) is 0 Å². The first-order valence-corrected chi connectivity index (χ1v) is 11.1. The molecule has 0 aliphatic heterocycles. The first-order chi connectivity index (χ1) is 15.5. The Hall–Kier alpha value is -2.59. The van der Waals surface area contributed by atoms with Crippen molar-refractivity contribution in [2.75, 3.05) is 13.1 Å². The lowest BCUT2D eigenvalue weighted by molar-refractivity contribution is 0.179. The Morgan fingerprint density at radius 3 is 2.61 bits per heavy atom. The zero-order valence-electron chi connectivity index (χ0n) is 19.4. The van der Waals surface area contributed by atoms with Crippen molar-refractivity contribution in [2.45, 2.75) is 46.1 Å². The number of nitrogens with one attached hydrogen (secondary N) is 2. The van der Waals surface area contributed by atoms with E-state index in [1.54, 1.807) is 0 Å². The zero-order chi connectivity index (χ0) is 22.8. The lowest BCUT2D eigenvalue weighted by Crippen LogP contribution is -2.39. The van der Waals surface area contributed by atoms with Crippen molar-refractivity contribution in [2.24, 2.45) is 4.99 Å². The van der Waals surface area contributed by atoms with Gasteiger partial charge in [0.25, 0.3) is 0 Å². The lowest BCUT2D eigenvalue weighted by atomic mass is 10.1. The summed E-state index contributed by atoms with van der Waals surface area (Å²) in [5, 5.41) is 21.5. The van der Waals surface area contributed by atoms with Crippen LogP contribution in [-0.4, -0.2) is 40.0 Å². The van der Waals surface area contributed by atoms with Gasteiger partial charge >= 0.3 is 0 Å². The molecule has 3 aromatic rings. The Bertz CT molecular complexity index is 991. The predicted octanol–water partition coefficient (Wildman–Crippen LogP) is 4.13. The summed E-state index contributed by atoms with van der Waals surface area (Å²) in [4.78, 5) is 4.63. The van der Waals surface area contributed by atoms with Crippen molar-refractivity contribution >= 4 is 29.9 Å². The van der Waals surface area contributed by atoms with E-state index in [2.05, 4.69) is 32.9 Å². The molecule has 0 aliphatic carbocycles. The maximum absolute atomic E-state index is 10.6. The van der Waals surface area contributed by atoms with Gasteiger partial charge < -0.3 is 20.5 Å². The maximum atomic E-state index is 10.6. The van der Waals surface area contributed by atoms with Crippen molar-refractivity contribution in [3.05, 3.63) is 83.7 Å². The third kappa shape index (κ3) is 9.05. The van der Waals surface area contributed by atoms with Crippen LogP contribution in [0.2, 0.25) is 0 Å². The highest BCUT2D eigenvalue weighted by atomic mass is 127. The minimum absolute atomic E-state index is 0. The fraction of sp³-hybridized carbons (Fsp3) is 0.360. The van der Waals surface area contributed by atoms with Crippen LogP contribution < -0.4 is 15.4 Å². The van der Waals surface area contributed by atoms with Gasteiger partial charge in [-0.05, 0) is 44.0 Å². The van der Waals surface area contributed by atoms with Gasteiger partial charge in [0, 0.05) is 24.8 Å². The van der Waals surface area contributed by atoms with Gasteiger partial charge in [-0.3, -0.25) is 4.68 Å². The number of aliphatic imine (C=N–C) groups is 1. The van der Waals surface area contributed by atoms with Crippen LogP contribution in [0, 0.1) is 0 Å². The number of benzene rings is 2. The van der Waals surface area contributed by atoms with Crippen LogP contribution >= 0.6 is 24.0 Å². The summed E-state index contributed by atoms with van der Waals surface area (Å²) in [5.74, 6) is 1.40. The Kier molecular flexibility index (Phi) is 11.2. The highest BCUT2D eigenvalue weighted by Crippen LogP contribution is 2.20. The van der Waals surface area contributed by atoms with E-state index in [-0.39, 0.29) is 30.1 Å². The molecular weight excluding hydrogens is 529 g/mol. The van der Waals surface area contributed by atoms with Crippen LogP contribution in [0.15, 0.2) is 72.0 Å². The van der Waals surface area contributed by atoms with E-state index < -0.39 is 6.10 Å². The Morgan fingerprint density at radius 2 is 1.88 bits per heavy atom. The van der Waals surface area contributed by atoms with Gasteiger partial charge in [-0.1, -0.05) is 42.5 Å². The number of ether oxygens (including phenoxy) is 1. The number of nitrogens with zero attached hydrogens (tertiary/aromatic N) is 3. The molecule has 0 aliphatic rings. The quantitative estimate of drug-likeness (QED) is 0.196. The van der Waals surface area contributed by atoms with Crippen molar-refractivity contribution in [1.82, 2.24) is 20.4 Å². The van der Waals surface area contributed by atoms with Gasteiger partial charge in [0.05, 0.1) is 31.5 Å². The number of aliphatic hydroxyl groups is 1. The average molecular weight is 563 g/mol. The molecule has 1 aromatic heterocycles. The summed E-state index contributed by atoms with van der Waals surface area (Å²) in [5.41, 5.74) is 3.03. The smallest absolute Gasteiger partial charge is 0.191 e. The highest BCUT2D eigenvalue weighted by molar-refractivity contribution is 14.0. The van der Waals surface area contributed by atoms with Gasteiger partial charge in [-0.15, -0.1) is 24.0 Å². The van der Waals surface area contributed by atoms with Gasteiger partial charge in [-0.2, -0.15) is 5.10 Å². The molecule has 0 spiro atoms. The first-order valence-electron chi connectivity index (χ1n) is 11.1. The molecule has 7 nitrogen and oxygen atoms in total. The molecule has 8 heteroatoms. The van der Waals surface area contributed by atoms with Crippen molar-refractivity contribution in [1.29, 1.82) is 0 Å². The van der Waals surface area contributed by atoms with E-state index in [4.69, 9.17) is 4.74 Å². The van der Waals surface area contributed by atoms with Gasteiger partial charge in [0.15, 0.2) is 5.96 Å². The Labute approximate surface area is 213 Å². The molecule has 1 unspecified atom stereocenters. The van der Waals surface area contributed by atoms with Crippen molar-refractivity contribution < 1.29 is 9.84 Å². The molecular formula is C25H34IN5O2. The minimum Gasteiger partial charge on any atom is -0.491 e. The van der Waals surface area contributed by atoms with Crippen LogP contribution in [0.3, 0.4) is 0 Å². The van der Waals surface area contributed by atoms with E-state index in [0.717, 1.165) is 30.0 Å². The molecule has 33 heavy (non-hydrogen) atoms. The molecule has 2 aromatic carbocycles. The standard InChI is InChI=1S/C25H33N5O2.HI/c1-4-26-25(28-16-24(31)22-11-8-12-23(13-22)32-19(2)3)27-14-21-15-29-30(18-21)17-20-9-6-5-7-10-20;/h5-13,15,18-19,24,31H,4,14,16-17H2,1-3H3,(H2,26,27,28);1H. The number of halogens is 1. The summed E-state index contributed by atoms with van der Waals surface area (Å²) in [6.45, 7) is 8.27. The largest absolute Gasteiger partial charge is 0.491 e. The third-order valence-electron chi connectivity index (χ3n) is 4.72. The number of hydrogen-bond donors (Lipinski definition) is 3. The normalized spacial score (nSPS) is 12.2. The summed E-state index contributed by atoms with van der Waals surface area (Å²) in [6.07, 6.45) is 3.26. The van der Waals surface area contributed by atoms with E-state index in [9.17, 15) is 5.11 Å². The summed E-state index contributed by atoms with van der Waals surface area (Å²) >= 11 is 0. The van der Waals surface area contributed by atoms with Crippen LogP contribution in [0.25, 0.3) is 0 Å². The summed E-state index contributed by atoms with van der Waals surface area (Å²) in [6, 6.07) is 17.8. The highest BCUT2D eigenvalue weighted by Gasteiger charge is 2.10. The third-order valence-corrected chi connectivity index (χ3v) is 4.72. The number of aromatic nitrogens is 2. The molecule has 0 saturated heterocycles. The van der Waals surface area contributed by atoms with Crippen molar-refractivity contribution in [3.63, 3.8) is 0 Å². The van der Waals surface area contributed by atoms with Crippen LogP contribution in [0.1, 0.15) is 43.6 Å². The Balaban J connectivity index is 0.00000385. The molecule has 3 N–H and O–H groups in total. The molecule has 0 radical (unpaired) electrons. The minimum atomic E-state index is -0.678. The summed E-state index contributed by atoms with van der Waals surface area (Å²) in [7, 11) is 0. The van der Waals surface area contributed by atoms with E-state index in [0.29, 0.717) is 19.0 Å². The number of aliphatic hydroxyl groups excluding tert-OH is 1. The first kappa shape index (κ1) is 26.7. The fourth-order valence-electron chi connectivity index (χ4n) is 3.24. The number of hydrogen-bond acceptors (Lipinski definition) is 4. The molecule has 0 fully saturated rings. The Morgan fingerprint density at radius 1 is 1.09 bits per heavy atom. The van der Waals surface area contributed by atoms with Crippen LogP contribution in [0.5, 0.6) is 5.75 Å². The number of rotatable bonds is 10. The van der Waals surface area contributed by atoms with Crippen LogP contribution in [-0.2, 0) is 13.1 Å². The van der Waals surface area contributed by atoms with E-state index >= 15 is 0 Å². The van der Waals surface area contributed by atoms with Gasteiger partial charge in [0.2, 0.25) is 0 Å². The monoisotopic (exact) mass is 563 g/mol. The van der Waals surface area contributed by atoms with E-state index in [1.807, 2.05) is 80.3 Å². The SMILES string of the molecule is CCNC(=NCc1cnn(Cc2ccccc2)c1)NCC(O)c1cccc(OC(C)C)c1.I. The summed E-state index contributed by atoms with van der Waals surface area (Å²) < 4.78 is 7.63. The molecule has 3 rings (SSSR count). The predicted molar refractivity (Wildman–Crippen MR) is 143 cm³/mol. The molecule has 1 atom stereocenters. The average Bonchev–Trinajstić information content (AvgIpc) is 3.23. The van der Waals surface area contributed by atoms with E-state index in [1.165, 1.54) is 5.56 Å². The molecule has 178 valence electrons. The molecule has 0 saturated carbocycles. The van der Waals surface area contributed by atoms with Gasteiger partial charge in [0.1, 0.15) is 5.75 Å². The lowest BCUT2D eigenvalue weighted by Gasteiger charge is -2.17. The molecule has 1 heterocycles. The molecule has 0 amide bonds. The topological polar surface area (TPSA) is 83.7 Å². The maximum Gasteiger partial charge on any atom is 0.191 e. The zero-order valence-corrected chi connectivity index (χ0v) is 21.8. The molecule has 0 bridgehead atoms. The second-order valence-corrected chi connectivity index (χ2v) is 7.86. The van der Waals surface area contributed by atoms with Crippen molar-refractivity contribution in [3.8, 4) is 5.75 Å². The number of guanidine groups is 1. The second kappa shape index (κ2) is 13.8. The second-order valence-electron chi connectivity index (χ2n) is 7.86.